The molecule has 2 aromatic carbocycles. The standard InChI is InChI=1S/C25H24N2O4/c28-24(23-22-9-5-4-8-18(22)10-11-26-23)19-12-20-15-30-16-21(13-19)27(20)25(29)31-14-17-6-2-1-3-7-17/h1-11,19-21H,12-16H2. The highest BCUT2D eigenvalue weighted by Gasteiger charge is 2.44. The molecule has 0 N–H and O–H groups in total. The average molecular weight is 416 g/mol. The number of benzene rings is 2. The molecule has 0 aliphatic carbocycles. The summed E-state index contributed by atoms with van der Waals surface area (Å²) in [6.07, 6.45) is 2.47. The molecule has 6 nitrogen and oxygen atoms in total. The smallest absolute Gasteiger partial charge is 0.410 e. The van der Waals surface area contributed by atoms with Gasteiger partial charge in [-0.2, -0.15) is 0 Å². The predicted octanol–water partition coefficient (Wildman–Crippen LogP) is 4.23. The number of rotatable bonds is 4. The average Bonchev–Trinajstić information content (AvgIpc) is 2.81. The molecule has 0 radical (unpaired) electrons. The van der Waals surface area contributed by atoms with Crippen molar-refractivity contribution in [2.45, 2.75) is 31.5 Å². The Morgan fingerprint density at radius 1 is 0.968 bits per heavy atom. The molecule has 5 rings (SSSR count). The highest BCUT2D eigenvalue weighted by molar-refractivity contribution is 6.07. The monoisotopic (exact) mass is 416 g/mol. The molecule has 158 valence electrons. The van der Waals surface area contributed by atoms with E-state index in [1.807, 2.05) is 60.7 Å². The zero-order chi connectivity index (χ0) is 21.2. The molecule has 1 aromatic heterocycles. The molecule has 3 heterocycles. The van der Waals surface area contributed by atoms with Gasteiger partial charge < -0.3 is 9.47 Å². The van der Waals surface area contributed by atoms with Crippen LogP contribution in [0.1, 0.15) is 28.9 Å². The third kappa shape index (κ3) is 3.91. The number of pyridine rings is 1. The van der Waals surface area contributed by atoms with E-state index in [4.69, 9.17) is 9.47 Å². The van der Waals surface area contributed by atoms with Crippen LogP contribution in [0, 0.1) is 5.92 Å². The summed E-state index contributed by atoms with van der Waals surface area (Å²) in [6, 6.07) is 19.0. The van der Waals surface area contributed by atoms with Gasteiger partial charge in [-0.25, -0.2) is 4.79 Å². The van der Waals surface area contributed by atoms with Crippen molar-refractivity contribution in [2.24, 2.45) is 5.92 Å². The van der Waals surface area contributed by atoms with E-state index in [1.54, 1.807) is 11.1 Å². The number of nitrogens with zero attached hydrogens (tertiary/aromatic N) is 2. The SMILES string of the molecule is O=C(c1nccc2ccccc12)C1CC2COCC(C1)N2C(=O)OCc1ccccc1. The number of Topliss-reactive ketones (excluding diaryl/α,β-unsaturated/α-hetero) is 1. The van der Waals surface area contributed by atoms with E-state index in [2.05, 4.69) is 4.98 Å². The fourth-order valence-electron chi connectivity index (χ4n) is 4.73. The Morgan fingerprint density at radius 2 is 1.68 bits per heavy atom. The minimum absolute atomic E-state index is 0.0472. The fraction of sp³-hybridized carbons (Fsp3) is 0.320. The number of hydrogen-bond acceptors (Lipinski definition) is 5. The van der Waals surface area contributed by atoms with Crippen molar-refractivity contribution < 1.29 is 19.1 Å². The Labute approximate surface area is 180 Å². The van der Waals surface area contributed by atoms with Crippen LogP contribution in [-0.2, 0) is 16.1 Å². The fourth-order valence-corrected chi connectivity index (χ4v) is 4.73. The molecule has 2 aliphatic rings. The van der Waals surface area contributed by atoms with Crippen molar-refractivity contribution in [2.75, 3.05) is 13.2 Å². The largest absolute Gasteiger partial charge is 0.445 e. The van der Waals surface area contributed by atoms with E-state index in [-0.39, 0.29) is 36.5 Å². The van der Waals surface area contributed by atoms with Crippen LogP contribution in [0.15, 0.2) is 66.9 Å². The van der Waals surface area contributed by atoms with Crippen LogP contribution in [-0.4, -0.2) is 47.1 Å². The lowest BCUT2D eigenvalue weighted by Gasteiger charge is -2.47. The number of piperidine rings is 1. The van der Waals surface area contributed by atoms with Gasteiger partial charge >= 0.3 is 6.09 Å². The molecule has 0 spiro atoms. The maximum absolute atomic E-state index is 13.4. The van der Waals surface area contributed by atoms with Gasteiger partial charge in [0.25, 0.3) is 0 Å². The molecule has 6 heteroatoms. The molecular weight excluding hydrogens is 392 g/mol. The van der Waals surface area contributed by atoms with Crippen molar-refractivity contribution in [1.82, 2.24) is 9.88 Å². The molecule has 3 aromatic rings. The first-order valence-electron chi connectivity index (χ1n) is 10.7. The van der Waals surface area contributed by atoms with Gasteiger partial charge in [0.1, 0.15) is 12.3 Å². The first-order valence-corrected chi connectivity index (χ1v) is 10.7. The molecule has 2 unspecified atom stereocenters. The van der Waals surface area contributed by atoms with Gasteiger partial charge in [0.15, 0.2) is 5.78 Å². The first kappa shape index (κ1) is 19.7. The van der Waals surface area contributed by atoms with Crippen LogP contribution < -0.4 is 0 Å². The van der Waals surface area contributed by atoms with Crippen molar-refractivity contribution in [1.29, 1.82) is 0 Å². The molecule has 2 fully saturated rings. The maximum atomic E-state index is 13.4. The molecule has 1 amide bonds. The van der Waals surface area contributed by atoms with E-state index in [0.717, 1.165) is 16.3 Å². The summed E-state index contributed by atoms with van der Waals surface area (Å²) >= 11 is 0. The summed E-state index contributed by atoms with van der Waals surface area (Å²) < 4.78 is 11.3. The second-order valence-electron chi connectivity index (χ2n) is 8.21. The Balaban J connectivity index is 1.31. The predicted molar refractivity (Wildman–Crippen MR) is 116 cm³/mol. The summed E-state index contributed by atoms with van der Waals surface area (Å²) in [4.78, 5) is 32.4. The van der Waals surface area contributed by atoms with Crippen molar-refractivity contribution in [3.63, 3.8) is 0 Å². The van der Waals surface area contributed by atoms with Gasteiger partial charge in [0.05, 0.1) is 25.3 Å². The number of hydrogen-bond donors (Lipinski definition) is 0. The third-order valence-electron chi connectivity index (χ3n) is 6.21. The molecule has 2 atom stereocenters. The van der Waals surface area contributed by atoms with E-state index in [1.165, 1.54) is 0 Å². The number of carbonyl (C=O) groups excluding carboxylic acids is 2. The Morgan fingerprint density at radius 3 is 2.45 bits per heavy atom. The lowest BCUT2D eigenvalue weighted by molar-refractivity contribution is -0.0755. The van der Waals surface area contributed by atoms with Gasteiger partial charge in [-0.3, -0.25) is 14.7 Å². The number of ketones is 1. The third-order valence-corrected chi connectivity index (χ3v) is 6.21. The van der Waals surface area contributed by atoms with Crippen molar-refractivity contribution >= 4 is 22.6 Å². The van der Waals surface area contributed by atoms with Crippen LogP contribution in [0.3, 0.4) is 0 Å². The first-order chi connectivity index (χ1) is 15.2. The lowest BCUT2D eigenvalue weighted by Crippen LogP contribution is -2.60. The summed E-state index contributed by atoms with van der Waals surface area (Å²) in [7, 11) is 0. The van der Waals surface area contributed by atoms with Crippen LogP contribution in [0.2, 0.25) is 0 Å². The zero-order valence-corrected chi connectivity index (χ0v) is 17.1. The van der Waals surface area contributed by atoms with Gasteiger partial charge in [-0.15, -0.1) is 0 Å². The molecule has 2 aliphatic heterocycles. The number of morpholine rings is 1. The second-order valence-corrected chi connectivity index (χ2v) is 8.21. The van der Waals surface area contributed by atoms with Gasteiger partial charge in [0, 0.05) is 17.5 Å². The second kappa shape index (κ2) is 8.47. The number of fused-ring (bicyclic) bond motifs is 3. The van der Waals surface area contributed by atoms with Crippen LogP contribution >= 0.6 is 0 Å². The highest BCUT2D eigenvalue weighted by atomic mass is 16.6. The topological polar surface area (TPSA) is 68.7 Å². The summed E-state index contributed by atoms with van der Waals surface area (Å²) in [6.45, 7) is 1.08. The molecule has 31 heavy (non-hydrogen) atoms. The minimum Gasteiger partial charge on any atom is -0.445 e. The Hall–Kier alpha value is -3.25. The molecule has 2 saturated heterocycles. The van der Waals surface area contributed by atoms with E-state index >= 15 is 0 Å². The Bertz CT molecular complexity index is 1080. The van der Waals surface area contributed by atoms with Crippen LogP contribution in [0.5, 0.6) is 0 Å². The number of amides is 1. The number of aromatic nitrogens is 1. The minimum atomic E-state index is -0.337. The van der Waals surface area contributed by atoms with Gasteiger partial charge in [0.2, 0.25) is 0 Å². The quantitative estimate of drug-likeness (QED) is 0.595. The van der Waals surface area contributed by atoms with Crippen LogP contribution in [0.25, 0.3) is 10.8 Å². The van der Waals surface area contributed by atoms with Gasteiger partial charge in [-0.1, -0.05) is 54.6 Å². The van der Waals surface area contributed by atoms with E-state index in [9.17, 15) is 9.59 Å². The van der Waals surface area contributed by atoms with E-state index < -0.39 is 0 Å². The molecular formula is C25H24N2O4. The molecule has 2 bridgehead atoms. The number of ether oxygens (including phenoxy) is 2. The Kier molecular flexibility index (Phi) is 5.38. The van der Waals surface area contributed by atoms with E-state index in [0.29, 0.717) is 31.7 Å². The van der Waals surface area contributed by atoms with Crippen LogP contribution in [0.4, 0.5) is 4.79 Å². The molecule has 0 saturated carbocycles. The summed E-state index contributed by atoms with van der Waals surface area (Å²) in [5, 5.41) is 1.88. The highest BCUT2D eigenvalue weighted by Crippen LogP contribution is 2.35. The summed E-state index contributed by atoms with van der Waals surface area (Å²) in [5.74, 6) is -0.138. The van der Waals surface area contributed by atoms with Crippen molar-refractivity contribution in [3.8, 4) is 0 Å². The van der Waals surface area contributed by atoms with Crippen molar-refractivity contribution in [3.05, 3.63) is 78.1 Å². The normalized spacial score (nSPS) is 22.8. The number of carbonyl (C=O) groups is 2. The zero-order valence-electron chi connectivity index (χ0n) is 17.1. The maximum Gasteiger partial charge on any atom is 0.410 e. The van der Waals surface area contributed by atoms with Gasteiger partial charge in [-0.05, 0) is 29.9 Å². The summed E-state index contributed by atoms with van der Waals surface area (Å²) in [5.41, 5.74) is 1.46. The lowest BCUT2D eigenvalue weighted by atomic mass is 9.81.